The predicted octanol–water partition coefficient (Wildman–Crippen LogP) is 3.73. The van der Waals surface area contributed by atoms with Gasteiger partial charge in [0.05, 0.1) is 4.70 Å². The highest BCUT2D eigenvalue weighted by atomic mass is 32.1. The number of hydrogen-bond acceptors (Lipinski definition) is 2. The molecule has 0 saturated heterocycles. The average molecular weight is 205 g/mol. The maximum Gasteiger partial charge on any atom is 0.0531 e. The molecular weight excluding hydrogens is 190 g/mol. The molecule has 0 aromatic carbocycles. The number of hydrogen-bond donors (Lipinski definition) is 0. The summed E-state index contributed by atoms with van der Waals surface area (Å²) in [5.41, 5.74) is 2.70. The van der Waals surface area contributed by atoms with Crippen molar-refractivity contribution < 1.29 is 0 Å². The van der Waals surface area contributed by atoms with Crippen molar-refractivity contribution in [1.82, 2.24) is 4.98 Å². The first-order valence-corrected chi connectivity index (χ1v) is 5.94. The second-order valence-electron chi connectivity index (χ2n) is 3.53. The summed E-state index contributed by atoms with van der Waals surface area (Å²) in [6, 6.07) is 2.29. The van der Waals surface area contributed by atoms with Gasteiger partial charge >= 0.3 is 0 Å². The molecule has 0 radical (unpaired) electrons. The molecule has 0 aliphatic rings. The van der Waals surface area contributed by atoms with Gasteiger partial charge in [-0.3, -0.25) is 4.98 Å². The summed E-state index contributed by atoms with van der Waals surface area (Å²) in [6.45, 7) is 6.55. The van der Waals surface area contributed by atoms with E-state index in [1.54, 1.807) is 0 Å². The molecule has 0 fully saturated rings. The second-order valence-corrected chi connectivity index (χ2v) is 4.81. The first-order chi connectivity index (χ1) is 6.76. The third kappa shape index (κ3) is 1.44. The van der Waals surface area contributed by atoms with Crippen LogP contribution in [0.25, 0.3) is 10.1 Å². The molecule has 0 spiro atoms. The molecule has 2 heteroatoms. The minimum atomic E-state index is 1.04. The summed E-state index contributed by atoms with van der Waals surface area (Å²) < 4.78 is 1.33. The minimum absolute atomic E-state index is 1.04. The molecule has 0 unspecified atom stereocenters. The fourth-order valence-corrected chi connectivity index (χ4v) is 2.85. The Morgan fingerprint density at radius 2 is 2.07 bits per heavy atom. The monoisotopic (exact) mass is 205 g/mol. The van der Waals surface area contributed by atoms with Crippen molar-refractivity contribution in [2.75, 3.05) is 0 Å². The van der Waals surface area contributed by atoms with E-state index in [9.17, 15) is 0 Å². The standard InChI is InChI=1S/C12H15NS/c1-4-9-10-6-8(3)14-12(10)7-13-11(9)5-2/h6-7H,4-5H2,1-3H3. The van der Waals surface area contributed by atoms with Crippen LogP contribution in [-0.4, -0.2) is 4.98 Å². The molecule has 0 atom stereocenters. The Kier molecular flexibility index (Phi) is 2.55. The van der Waals surface area contributed by atoms with Crippen molar-refractivity contribution in [3.05, 3.63) is 28.4 Å². The summed E-state index contributed by atoms with van der Waals surface area (Å²) >= 11 is 1.84. The Labute approximate surface area is 88.8 Å². The molecule has 0 saturated carbocycles. The van der Waals surface area contributed by atoms with Crippen LogP contribution in [0.4, 0.5) is 0 Å². The van der Waals surface area contributed by atoms with E-state index in [1.807, 2.05) is 17.5 Å². The molecule has 0 bridgehead atoms. The number of pyridine rings is 1. The molecule has 2 aromatic heterocycles. The largest absolute Gasteiger partial charge is 0.260 e. The molecule has 2 aromatic rings. The van der Waals surface area contributed by atoms with Crippen LogP contribution in [0.5, 0.6) is 0 Å². The van der Waals surface area contributed by atoms with Gasteiger partial charge in [0.1, 0.15) is 0 Å². The van der Waals surface area contributed by atoms with Crippen molar-refractivity contribution in [2.45, 2.75) is 33.6 Å². The van der Waals surface area contributed by atoms with Gasteiger partial charge in [-0.05, 0) is 36.8 Å². The van der Waals surface area contributed by atoms with Crippen LogP contribution in [0.2, 0.25) is 0 Å². The highest BCUT2D eigenvalue weighted by Gasteiger charge is 2.08. The summed E-state index contributed by atoms with van der Waals surface area (Å²) in [7, 11) is 0. The number of fused-ring (bicyclic) bond motifs is 1. The smallest absolute Gasteiger partial charge is 0.0531 e. The molecule has 1 nitrogen and oxygen atoms in total. The van der Waals surface area contributed by atoms with Gasteiger partial charge in [-0.25, -0.2) is 0 Å². The number of aromatic nitrogens is 1. The number of nitrogens with zero attached hydrogens (tertiary/aromatic N) is 1. The van der Waals surface area contributed by atoms with E-state index in [0.717, 1.165) is 12.8 Å². The van der Waals surface area contributed by atoms with E-state index < -0.39 is 0 Å². The molecule has 0 aliphatic carbocycles. The fraction of sp³-hybridized carbons (Fsp3) is 0.417. The van der Waals surface area contributed by atoms with Crippen LogP contribution >= 0.6 is 11.3 Å². The van der Waals surface area contributed by atoms with Crippen LogP contribution in [-0.2, 0) is 12.8 Å². The van der Waals surface area contributed by atoms with E-state index >= 15 is 0 Å². The summed E-state index contributed by atoms with van der Waals surface area (Å²) in [5, 5.41) is 1.42. The van der Waals surface area contributed by atoms with E-state index in [-0.39, 0.29) is 0 Å². The van der Waals surface area contributed by atoms with Gasteiger partial charge < -0.3 is 0 Å². The third-order valence-electron chi connectivity index (χ3n) is 2.58. The predicted molar refractivity (Wildman–Crippen MR) is 63.1 cm³/mol. The zero-order valence-electron chi connectivity index (χ0n) is 8.92. The molecule has 0 aliphatic heterocycles. The highest BCUT2D eigenvalue weighted by Crippen LogP contribution is 2.29. The lowest BCUT2D eigenvalue weighted by molar-refractivity contribution is 0.981. The van der Waals surface area contributed by atoms with Crippen LogP contribution in [0.3, 0.4) is 0 Å². The van der Waals surface area contributed by atoms with Crippen molar-refractivity contribution in [2.24, 2.45) is 0 Å². The van der Waals surface area contributed by atoms with E-state index in [4.69, 9.17) is 0 Å². The first-order valence-electron chi connectivity index (χ1n) is 5.13. The normalized spacial score (nSPS) is 11.1. The van der Waals surface area contributed by atoms with Crippen molar-refractivity contribution in [3.63, 3.8) is 0 Å². The summed E-state index contributed by atoms with van der Waals surface area (Å²) in [6.07, 6.45) is 4.14. The Hall–Kier alpha value is -0.890. The van der Waals surface area contributed by atoms with Crippen molar-refractivity contribution in [1.29, 1.82) is 0 Å². The maximum atomic E-state index is 4.52. The van der Waals surface area contributed by atoms with Gasteiger partial charge in [0, 0.05) is 16.8 Å². The second kappa shape index (κ2) is 3.70. The molecule has 2 rings (SSSR count). The highest BCUT2D eigenvalue weighted by molar-refractivity contribution is 7.19. The number of rotatable bonds is 2. The lowest BCUT2D eigenvalue weighted by Crippen LogP contribution is -1.94. The number of aryl methyl sites for hydroxylation is 3. The lowest BCUT2D eigenvalue weighted by Gasteiger charge is -2.05. The average Bonchev–Trinajstić information content (AvgIpc) is 2.56. The van der Waals surface area contributed by atoms with Gasteiger partial charge in [-0.15, -0.1) is 11.3 Å². The van der Waals surface area contributed by atoms with Crippen molar-refractivity contribution >= 4 is 21.4 Å². The van der Waals surface area contributed by atoms with E-state index in [1.165, 1.54) is 26.2 Å². The molecule has 14 heavy (non-hydrogen) atoms. The fourth-order valence-electron chi connectivity index (χ4n) is 1.93. The molecule has 0 amide bonds. The molecule has 2 heterocycles. The Balaban J connectivity index is 2.75. The Morgan fingerprint density at radius 1 is 1.29 bits per heavy atom. The van der Waals surface area contributed by atoms with Crippen LogP contribution < -0.4 is 0 Å². The Morgan fingerprint density at radius 3 is 2.71 bits per heavy atom. The van der Waals surface area contributed by atoms with E-state index in [0.29, 0.717) is 0 Å². The zero-order valence-corrected chi connectivity index (χ0v) is 9.74. The van der Waals surface area contributed by atoms with Crippen molar-refractivity contribution in [3.8, 4) is 0 Å². The maximum absolute atomic E-state index is 4.52. The molecular formula is C12H15NS. The van der Waals surface area contributed by atoms with Crippen LogP contribution in [0, 0.1) is 6.92 Å². The minimum Gasteiger partial charge on any atom is -0.260 e. The Bertz CT molecular complexity index is 457. The third-order valence-corrected chi connectivity index (χ3v) is 3.57. The van der Waals surface area contributed by atoms with Crippen LogP contribution in [0.1, 0.15) is 30.0 Å². The summed E-state index contributed by atoms with van der Waals surface area (Å²) in [5.74, 6) is 0. The van der Waals surface area contributed by atoms with Gasteiger partial charge in [-0.1, -0.05) is 13.8 Å². The van der Waals surface area contributed by atoms with Gasteiger partial charge in [0.2, 0.25) is 0 Å². The summed E-state index contributed by atoms with van der Waals surface area (Å²) in [4.78, 5) is 5.90. The van der Waals surface area contributed by atoms with Gasteiger partial charge in [0.15, 0.2) is 0 Å². The topological polar surface area (TPSA) is 12.9 Å². The quantitative estimate of drug-likeness (QED) is 0.728. The van der Waals surface area contributed by atoms with Gasteiger partial charge in [-0.2, -0.15) is 0 Å². The van der Waals surface area contributed by atoms with Gasteiger partial charge in [0.25, 0.3) is 0 Å². The SMILES string of the molecule is CCc1ncc2sc(C)cc2c1CC. The van der Waals surface area contributed by atoms with Crippen LogP contribution in [0.15, 0.2) is 12.3 Å². The molecule has 74 valence electrons. The van der Waals surface area contributed by atoms with E-state index in [2.05, 4.69) is 31.8 Å². The zero-order chi connectivity index (χ0) is 10.1. The number of thiophene rings is 1. The first kappa shape index (κ1) is 9.66. The lowest BCUT2D eigenvalue weighted by atomic mass is 10.1. The molecule has 0 N–H and O–H groups in total.